The first-order valence-corrected chi connectivity index (χ1v) is 4.76. The van der Waals surface area contributed by atoms with E-state index in [1.807, 2.05) is 19.4 Å². The molecule has 0 unspecified atom stereocenters. The van der Waals surface area contributed by atoms with Gasteiger partial charge in [0.05, 0.1) is 6.61 Å². The van der Waals surface area contributed by atoms with Crippen LogP contribution in [0.4, 0.5) is 4.79 Å². The normalized spacial score (nSPS) is 10.6. The van der Waals surface area contributed by atoms with E-state index in [9.17, 15) is 4.79 Å². The second-order valence-electron chi connectivity index (χ2n) is 1.59. The standard InChI is InChI=1S/C5H12O2S/c1-4-7-5(6)8(2)3/h8H,4H2,1-3H3. The number of carbonyl (C=O) groups is 1. The van der Waals surface area contributed by atoms with Crippen LogP contribution >= 0.6 is 10.9 Å². The minimum Gasteiger partial charge on any atom is -0.459 e. The molecule has 0 aliphatic heterocycles. The van der Waals surface area contributed by atoms with Crippen molar-refractivity contribution in [2.75, 3.05) is 19.1 Å². The van der Waals surface area contributed by atoms with Crippen LogP contribution in [0.5, 0.6) is 0 Å². The first-order chi connectivity index (χ1) is 3.68. The van der Waals surface area contributed by atoms with E-state index in [4.69, 9.17) is 4.74 Å². The zero-order valence-electron chi connectivity index (χ0n) is 5.47. The van der Waals surface area contributed by atoms with Crippen LogP contribution in [-0.4, -0.2) is 24.4 Å². The number of carbonyl (C=O) groups excluding carboxylic acids is 1. The molecule has 3 heteroatoms. The van der Waals surface area contributed by atoms with Crippen molar-refractivity contribution in [3.8, 4) is 0 Å². The van der Waals surface area contributed by atoms with Crippen LogP contribution in [0, 0.1) is 0 Å². The molecular weight excluding hydrogens is 124 g/mol. The highest BCUT2D eigenvalue weighted by Crippen LogP contribution is 2.15. The Kier molecular flexibility index (Phi) is 3.69. The summed E-state index contributed by atoms with van der Waals surface area (Å²) in [5.41, 5.74) is 0. The molecule has 2 nitrogen and oxygen atoms in total. The fraction of sp³-hybridized carbons (Fsp3) is 0.800. The Hall–Kier alpha value is -0.180. The van der Waals surface area contributed by atoms with Crippen molar-refractivity contribution in [3.05, 3.63) is 0 Å². The molecular formula is C5H12O2S. The van der Waals surface area contributed by atoms with Gasteiger partial charge in [0, 0.05) is 0 Å². The van der Waals surface area contributed by atoms with Crippen molar-refractivity contribution in [3.63, 3.8) is 0 Å². The number of hydrogen-bond acceptors (Lipinski definition) is 2. The van der Waals surface area contributed by atoms with E-state index in [1.54, 1.807) is 0 Å². The first kappa shape index (κ1) is 7.82. The number of ether oxygens (including phenoxy) is 1. The summed E-state index contributed by atoms with van der Waals surface area (Å²) in [5.74, 6) is 0. The average Bonchev–Trinajstić information content (AvgIpc) is 1.67. The van der Waals surface area contributed by atoms with Gasteiger partial charge in [-0.25, -0.2) is 4.79 Å². The topological polar surface area (TPSA) is 26.3 Å². The molecule has 0 bridgehead atoms. The number of thiol groups is 1. The van der Waals surface area contributed by atoms with E-state index < -0.39 is 10.9 Å². The molecule has 0 aliphatic rings. The van der Waals surface area contributed by atoms with Gasteiger partial charge in [-0.05, 0) is 19.4 Å². The largest absolute Gasteiger partial charge is 0.459 e. The molecule has 0 radical (unpaired) electrons. The van der Waals surface area contributed by atoms with Crippen molar-refractivity contribution in [2.45, 2.75) is 6.92 Å². The summed E-state index contributed by atoms with van der Waals surface area (Å²) in [4.78, 5) is 10.5. The summed E-state index contributed by atoms with van der Waals surface area (Å²) in [6.45, 7) is 2.32. The predicted molar refractivity (Wildman–Crippen MR) is 37.9 cm³/mol. The highest BCUT2D eigenvalue weighted by Gasteiger charge is 2.00. The van der Waals surface area contributed by atoms with Gasteiger partial charge in [-0.15, -0.1) is 0 Å². The van der Waals surface area contributed by atoms with Gasteiger partial charge in [0.2, 0.25) is 0 Å². The average molecular weight is 136 g/mol. The maximum absolute atomic E-state index is 10.5. The third kappa shape index (κ3) is 2.91. The molecule has 8 heavy (non-hydrogen) atoms. The lowest BCUT2D eigenvalue weighted by Crippen LogP contribution is -1.99. The van der Waals surface area contributed by atoms with E-state index in [0.29, 0.717) is 6.61 Å². The molecule has 0 aromatic carbocycles. The van der Waals surface area contributed by atoms with Crippen molar-refractivity contribution in [1.82, 2.24) is 0 Å². The van der Waals surface area contributed by atoms with E-state index in [-0.39, 0.29) is 5.30 Å². The minimum absolute atomic E-state index is 0.0532. The van der Waals surface area contributed by atoms with Gasteiger partial charge in [0.1, 0.15) is 0 Å². The second kappa shape index (κ2) is 3.78. The van der Waals surface area contributed by atoms with Crippen LogP contribution in [0.15, 0.2) is 0 Å². The molecule has 0 aromatic rings. The fourth-order valence-corrected chi connectivity index (χ4v) is 0.640. The lowest BCUT2D eigenvalue weighted by atomic mass is 10.9. The van der Waals surface area contributed by atoms with Gasteiger partial charge in [-0.2, -0.15) is 10.9 Å². The lowest BCUT2D eigenvalue weighted by Gasteiger charge is -2.05. The Balaban J connectivity index is 3.33. The molecule has 0 heterocycles. The van der Waals surface area contributed by atoms with E-state index in [2.05, 4.69) is 0 Å². The van der Waals surface area contributed by atoms with E-state index in [0.717, 1.165) is 0 Å². The van der Waals surface area contributed by atoms with Gasteiger partial charge in [-0.3, -0.25) is 0 Å². The Morgan fingerprint density at radius 2 is 2.12 bits per heavy atom. The maximum atomic E-state index is 10.5. The van der Waals surface area contributed by atoms with Crippen molar-refractivity contribution >= 4 is 16.2 Å². The zero-order valence-corrected chi connectivity index (χ0v) is 6.37. The molecule has 0 saturated carbocycles. The van der Waals surface area contributed by atoms with Crippen molar-refractivity contribution in [1.29, 1.82) is 0 Å². The van der Waals surface area contributed by atoms with Gasteiger partial charge in [0.15, 0.2) is 0 Å². The molecule has 0 aliphatic carbocycles. The van der Waals surface area contributed by atoms with Gasteiger partial charge in [0.25, 0.3) is 0 Å². The molecule has 50 valence electrons. The molecule has 0 rings (SSSR count). The Morgan fingerprint density at radius 3 is 2.25 bits per heavy atom. The molecule has 0 aromatic heterocycles. The number of rotatable bonds is 1. The summed E-state index contributed by atoms with van der Waals surface area (Å²) in [6, 6.07) is 0. The maximum Gasteiger partial charge on any atom is 0.346 e. The highest BCUT2D eigenvalue weighted by molar-refractivity contribution is 8.28. The first-order valence-electron chi connectivity index (χ1n) is 2.52. The zero-order chi connectivity index (χ0) is 6.57. The van der Waals surface area contributed by atoms with E-state index in [1.165, 1.54) is 0 Å². The SMILES string of the molecule is CCOC(=O)[SH](C)C. The highest BCUT2D eigenvalue weighted by atomic mass is 32.2. The molecule has 0 N–H and O–H groups in total. The molecule has 0 fully saturated rings. The molecule has 0 saturated heterocycles. The van der Waals surface area contributed by atoms with Crippen molar-refractivity contribution in [2.24, 2.45) is 0 Å². The van der Waals surface area contributed by atoms with Crippen LogP contribution < -0.4 is 0 Å². The van der Waals surface area contributed by atoms with Crippen molar-refractivity contribution < 1.29 is 9.53 Å². The van der Waals surface area contributed by atoms with Crippen LogP contribution in [-0.2, 0) is 4.74 Å². The monoisotopic (exact) mass is 136 g/mol. The van der Waals surface area contributed by atoms with E-state index >= 15 is 0 Å². The quantitative estimate of drug-likeness (QED) is 0.435. The van der Waals surface area contributed by atoms with Crippen LogP contribution in [0.1, 0.15) is 6.92 Å². The molecule has 0 atom stereocenters. The summed E-state index contributed by atoms with van der Waals surface area (Å²) in [7, 11) is -0.529. The lowest BCUT2D eigenvalue weighted by molar-refractivity contribution is 0.181. The Morgan fingerprint density at radius 1 is 1.62 bits per heavy atom. The second-order valence-corrected chi connectivity index (χ2v) is 3.75. The van der Waals surface area contributed by atoms with Crippen LogP contribution in [0.2, 0.25) is 0 Å². The van der Waals surface area contributed by atoms with Crippen LogP contribution in [0.25, 0.3) is 0 Å². The van der Waals surface area contributed by atoms with Crippen LogP contribution in [0.3, 0.4) is 0 Å². The molecule has 0 amide bonds. The fourth-order valence-electron chi connectivity index (χ4n) is 0.253. The summed E-state index contributed by atoms with van der Waals surface area (Å²) in [6.07, 6.45) is 3.76. The minimum atomic E-state index is -0.529. The number of hydrogen-bond donors (Lipinski definition) is 1. The predicted octanol–water partition coefficient (Wildman–Crippen LogP) is 1.40. The third-order valence-electron chi connectivity index (χ3n) is 0.633. The third-order valence-corrected chi connectivity index (χ3v) is 1.49. The summed E-state index contributed by atoms with van der Waals surface area (Å²) >= 11 is 0. The smallest absolute Gasteiger partial charge is 0.346 e. The molecule has 0 spiro atoms. The Bertz CT molecular complexity index is 80.5. The summed E-state index contributed by atoms with van der Waals surface area (Å²) in [5, 5.41) is -0.0532. The van der Waals surface area contributed by atoms with Gasteiger partial charge >= 0.3 is 5.30 Å². The summed E-state index contributed by atoms with van der Waals surface area (Å²) < 4.78 is 4.69. The van der Waals surface area contributed by atoms with Gasteiger partial charge < -0.3 is 4.74 Å². The van der Waals surface area contributed by atoms with Gasteiger partial charge in [-0.1, -0.05) is 0 Å². The Labute approximate surface area is 52.6 Å².